The number of ether oxygens (including phenoxy) is 2. The molecule has 2 heterocycles. The van der Waals surface area contributed by atoms with Crippen LogP contribution in [0.15, 0.2) is 59.5 Å². The highest BCUT2D eigenvalue weighted by atomic mass is 32.1. The minimum absolute atomic E-state index is 0.0633. The number of methoxy groups -OCH3 is 2. The van der Waals surface area contributed by atoms with Gasteiger partial charge in [-0.15, -0.1) is 11.3 Å². The van der Waals surface area contributed by atoms with E-state index in [-0.39, 0.29) is 16.7 Å². The average molecular weight is 492 g/mol. The predicted octanol–water partition coefficient (Wildman–Crippen LogP) is 6.00. The van der Waals surface area contributed by atoms with E-state index in [0.29, 0.717) is 22.7 Å². The summed E-state index contributed by atoms with van der Waals surface area (Å²) in [5.41, 5.74) is 2.60. The Kier molecular flexibility index (Phi) is 6.47. The van der Waals surface area contributed by atoms with Gasteiger partial charge < -0.3 is 14.6 Å². The van der Waals surface area contributed by atoms with Crippen molar-refractivity contribution in [3.05, 3.63) is 81.1 Å². The zero-order valence-corrected chi connectivity index (χ0v) is 21.5. The summed E-state index contributed by atoms with van der Waals surface area (Å²) in [5.74, 6) is -0.370. The summed E-state index contributed by atoms with van der Waals surface area (Å²) < 4.78 is 10.9. The van der Waals surface area contributed by atoms with E-state index in [4.69, 9.17) is 9.47 Å². The molecule has 4 rings (SSSR count). The molecule has 35 heavy (non-hydrogen) atoms. The maximum absolute atomic E-state index is 13.4. The lowest BCUT2D eigenvalue weighted by atomic mass is 9.84. The van der Waals surface area contributed by atoms with Crippen LogP contribution < -0.4 is 14.4 Å². The van der Waals surface area contributed by atoms with Gasteiger partial charge in [0, 0.05) is 27.8 Å². The van der Waals surface area contributed by atoms with Crippen molar-refractivity contribution < 1.29 is 24.2 Å². The van der Waals surface area contributed by atoms with Crippen molar-refractivity contribution in [2.24, 2.45) is 0 Å². The van der Waals surface area contributed by atoms with Crippen LogP contribution in [0.25, 0.3) is 5.76 Å². The quantitative estimate of drug-likeness (QED) is 0.269. The Hall–Kier alpha value is -3.58. The second-order valence-electron chi connectivity index (χ2n) is 9.50. The van der Waals surface area contributed by atoms with Crippen molar-refractivity contribution in [1.82, 2.24) is 0 Å². The molecule has 1 aliphatic rings. The summed E-state index contributed by atoms with van der Waals surface area (Å²) in [6.07, 6.45) is 0. The molecule has 1 aliphatic heterocycles. The van der Waals surface area contributed by atoms with Gasteiger partial charge >= 0.3 is 0 Å². The maximum Gasteiger partial charge on any atom is 0.300 e. The smallest absolute Gasteiger partial charge is 0.300 e. The topological polar surface area (TPSA) is 76.1 Å². The molecule has 1 unspecified atom stereocenters. The zero-order valence-electron chi connectivity index (χ0n) is 20.7. The summed E-state index contributed by atoms with van der Waals surface area (Å²) in [6, 6.07) is 13.5. The third-order valence-corrected chi connectivity index (χ3v) is 7.28. The summed E-state index contributed by atoms with van der Waals surface area (Å²) in [6.45, 7) is 8.07. The van der Waals surface area contributed by atoms with Gasteiger partial charge in [0.15, 0.2) is 0 Å². The van der Waals surface area contributed by atoms with Crippen LogP contribution in [0.5, 0.6) is 11.5 Å². The minimum Gasteiger partial charge on any atom is -0.507 e. The number of amides is 1. The van der Waals surface area contributed by atoms with Gasteiger partial charge in [-0.05, 0) is 59.7 Å². The second-order valence-corrected chi connectivity index (χ2v) is 10.5. The molecule has 0 bridgehead atoms. The Morgan fingerprint density at radius 1 is 1.03 bits per heavy atom. The molecule has 7 heteroatoms. The van der Waals surface area contributed by atoms with Crippen LogP contribution in [0.4, 0.5) is 5.69 Å². The number of aliphatic hydroxyl groups excluding tert-OH is 1. The lowest BCUT2D eigenvalue weighted by molar-refractivity contribution is -0.132. The SMILES string of the molecule is COc1cccc(N2C(=O)C(=O)/C(=C(\O)c3ccc(OC)c(C(C)(C)C)c3)C2c2sccc2C)c1. The number of hydrogen-bond donors (Lipinski definition) is 1. The average Bonchev–Trinajstić information content (AvgIpc) is 3.37. The summed E-state index contributed by atoms with van der Waals surface area (Å²) in [7, 11) is 3.15. The van der Waals surface area contributed by atoms with E-state index in [2.05, 4.69) is 0 Å². The summed E-state index contributed by atoms with van der Waals surface area (Å²) in [5, 5.41) is 13.4. The number of anilines is 1. The molecule has 0 spiro atoms. The fraction of sp³-hybridized carbons (Fsp3) is 0.286. The normalized spacial score (nSPS) is 17.7. The summed E-state index contributed by atoms with van der Waals surface area (Å²) >= 11 is 1.45. The maximum atomic E-state index is 13.4. The van der Waals surface area contributed by atoms with Crippen molar-refractivity contribution in [2.75, 3.05) is 19.1 Å². The molecule has 0 aliphatic carbocycles. The first kappa shape index (κ1) is 24.5. The van der Waals surface area contributed by atoms with E-state index in [1.807, 2.05) is 45.2 Å². The van der Waals surface area contributed by atoms with E-state index in [9.17, 15) is 14.7 Å². The van der Waals surface area contributed by atoms with Gasteiger partial charge in [-0.1, -0.05) is 26.8 Å². The molecular weight excluding hydrogens is 462 g/mol. The number of ketones is 1. The molecular formula is C28H29NO5S. The third-order valence-electron chi connectivity index (χ3n) is 6.21. The zero-order chi connectivity index (χ0) is 25.5. The molecule has 182 valence electrons. The van der Waals surface area contributed by atoms with Crippen LogP contribution >= 0.6 is 11.3 Å². The molecule has 2 aromatic carbocycles. The Labute approximate surface area is 209 Å². The highest BCUT2D eigenvalue weighted by Crippen LogP contribution is 2.46. The van der Waals surface area contributed by atoms with Crippen LogP contribution in [0.3, 0.4) is 0 Å². The van der Waals surface area contributed by atoms with E-state index >= 15 is 0 Å². The first-order valence-corrected chi connectivity index (χ1v) is 12.1. The van der Waals surface area contributed by atoms with Crippen LogP contribution in [-0.4, -0.2) is 31.0 Å². The van der Waals surface area contributed by atoms with Gasteiger partial charge in [0.1, 0.15) is 23.3 Å². The Morgan fingerprint density at radius 2 is 1.77 bits per heavy atom. The Bertz CT molecular complexity index is 1330. The van der Waals surface area contributed by atoms with Gasteiger partial charge in [-0.2, -0.15) is 0 Å². The number of carbonyl (C=O) groups is 2. The largest absolute Gasteiger partial charge is 0.507 e. The lowest BCUT2D eigenvalue weighted by Crippen LogP contribution is -2.29. The Morgan fingerprint density at radius 3 is 2.37 bits per heavy atom. The van der Waals surface area contributed by atoms with Gasteiger partial charge in [0.25, 0.3) is 11.7 Å². The number of aryl methyl sites for hydroxylation is 1. The second kappa shape index (κ2) is 9.23. The van der Waals surface area contributed by atoms with Crippen molar-refractivity contribution >= 4 is 34.5 Å². The first-order chi connectivity index (χ1) is 16.6. The molecule has 1 amide bonds. The summed E-state index contributed by atoms with van der Waals surface area (Å²) in [4.78, 5) is 29.1. The predicted molar refractivity (Wildman–Crippen MR) is 139 cm³/mol. The molecule has 6 nitrogen and oxygen atoms in total. The highest BCUT2D eigenvalue weighted by molar-refractivity contribution is 7.10. The monoisotopic (exact) mass is 491 g/mol. The van der Waals surface area contributed by atoms with Crippen LogP contribution in [0.1, 0.15) is 48.4 Å². The number of hydrogen-bond acceptors (Lipinski definition) is 6. The van der Waals surface area contributed by atoms with Crippen LogP contribution in [0.2, 0.25) is 0 Å². The van der Waals surface area contributed by atoms with Crippen molar-refractivity contribution in [3.63, 3.8) is 0 Å². The van der Waals surface area contributed by atoms with E-state index in [0.717, 1.165) is 16.0 Å². The highest BCUT2D eigenvalue weighted by Gasteiger charge is 2.48. The lowest BCUT2D eigenvalue weighted by Gasteiger charge is -2.26. The van der Waals surface area contributed by atoms with Crippen molar-refractivity contribution in [1.29, 1.82) is 0 Å². The number of nitrogens with zero attached hydrogens (tertiary/aromatic N) is 1. The third kappa shape index (κ3) is 4.32. The number of aliphatic hydroxyl groups is 1. The molecule has 1 aromatic heterocycles. The van der Waals surface area contributed by atoms with E-state index < -0.39 is 17.7 Å². The van der Waals surface area contributed by atoms with Crippen molar-refractivity contribution in [3.8, 4) is 11.5 Å². The minimum atomic E-state index is -0.762. The molecule has 1 atom stereocenters. The molecule has 1 saturated heterocycles. The van der Waals surface area contributed by atoms with E-state index in [1.54, 1.807) is 50.6 Å². The number of Topliss-reactive ketones (excluding diaryl/α,β-unsaturated/α-hetero) is 1. The molecule has 3 aromatic rings. The molecule has 0 saturated carbocycles. The van der Waals surface area contributed by atoms with Gasteiger partial charge in [0.05, 0.1) is 19.8 Å². The fourth-order valence-electron chi connectivity index (χ4n) is 4.37. The van der Waals surface area contributed by atoms with Gasteiger partial charge in [0.2, 0.25) is 0 Å². The molecule has 1 fully saturated rings. The van der Waals surface area contributed by atoms with Gasteiger partial charge in [-0.3, -0.25) is 14.5 Å². The van der Waals surface area contributed by atoms with Gasteiger partial charge in [-0.25, -0.2) is 0 Å². The Balaban J connectivity index is 1.96. The van der Waals surface area contributed by atoms with Crippen LogP contribution in [0, 0.1) is 6.92 Å². The van der Waals surface area contributed by atoms with Crippen molar-refractivity contribution in [2.45, 2.75) is 39.2 Å². The molecule has 1 N–H and O–H groups in total. The van der Waals surface area contributed by atoms with Crippen LogP contribution in [-0.2, 0) is 15.0 Å². The fourth-order valence-corrected chi connectivity index (χ4v) is 5.39. The molecule has 0 radical (unpaired) electrons. The first-order valence-electron chi connectivity index (χ1n) is 11.3. The number of carbonyl (C=O) groups excluding carboxylic acids is 2. The van der Waals surface area contributed by atoms with E-state index in [1.165, 1.54) is 16.2 Å². The number of thiophene rings is 1. The standard InChI is InChI=1S/C28H29NO5S/c1-16-12-13-35-26(16)23-22(24(30)17-10-11-21(34-6)20(14-17)28(2,3)4)25(31)27(32)29(23)18-8-7-9-19(15-18)33-5/h7-15,23,30H,1-6H3/b24-22-. The number of benzene rings is 2. The number of rotatable bonds is 5.